The monoisotopic (exact) mass is 322 g/mol. The summed E-state index contributed by atoms with van der Waals surface area (Å²) in [7, 11) is 1.64. The average Bonchev–Trinajstić information content (AvgIpc) is 2.58. The van der Waals surface area contributed by atoms with E-state index in [1.165, 1.54) is 5.56 Å². The van der Waals surface area contributed by atoms with Crippen molar-refractivity contribution in [2.24, 2.45) is 0 Å². The molecule has 0 fully saturated rings. The highest BCUT2D eigenvalue weighted by atomic mass is 16.5. The summed E-state index contributed by atoms with van der Waals surface area (Å²) in [5, 5.41) is 10.3. The van der Waals surface area contributed by atoms with E-state index in [1.54, 1.807) is 13.2 Å². The van der Waals surface area contributed by atoms with Crippen LogP contribution in [0.15, 0.2) is 60.7 Å². The largest absolute Gasteiger partial charge is 0.508 e. The summed E-state index contributed by atoms with van der Waals surface area (Å²) in [6, 6.07) is 14.2. The van der Waals surface area contributed by atoms with Crippen molar-refractivity contribution in [3.05, 3.63) is 77.4 Å². The van der Waals surface area contributed by atoms with Crippen LogP contribution in [0.25, 0.3) is 6.08 Å². The molecular weight excluding hydrogens is 296 g/mol. The van der Waals surface area contributed by atoms with Crippen LogP contribution in [0.2, 0.25) is 0 Å². The van der Waals surface area contributed by atoms with E-state index < -0.39 is 0 Å². The number of rotatable bonds is 8. The molecule has 126 valence electrons. The fourth-order valence-electron chi connectivity index (χ4n) is 2.63. The van der Waals surface area contributed by atoms with E-state index in [0.29, 0.717) is 5.75 Å². The van der Waals surface area contributed by atoms with E-state index in [0.717, 1.165) is 48.1 Å². The number of phenols is 1. The standard InChI is InChI=1S/C22H26O2/c1-17(2)13-14-20-21(23)15-19(16-22(20)24-3)12-8-7-11-18-9-5-4-6-10-18/h4-6,8-10,12,15-16,23H,1,7,11,13-14H2,2-3H3/b12-8+. The quantitative estimate of drug-likeness (QED) is 0.645. The van der Waals surface area contributed by atoms with Crippen LogP contribution in [-0.2, 0) is 12.8 Å². The van der Waals surface area contributed by atoms with Crippen LogP contribution in [-0.4, -0.2) is 12.2 Å². The molecule has 0 aliphatic heterocycles. The van der Waals surface area contributed by atoms with Crippen molar-refractivity contribution in [1.82, 2.24) is 0 Å². The van der Waals surface area contributed by atoms with Crippen LogP contribution in [0.4, 0.5) is 0 Å². The number of methoxy groups -OCH3 is 1. The highest BCUT2D eigenvalue weighted by Crippen LogP contribution is 2.32. The first kappa shape index (κ1) is 17.9. The molecule has 2 heteroatoms. The Morgan fingerprint density at radius 1 is 1.17 bits per heavy atom. The minimum atomic E-state index is 0.290. The van der Waals surface area contributed by atoms with E-state index in [9.17, 15) is 5.11 Å². The Kier molecular flexibility index (Phi) is 6.68. The minimum absolute atomic E-state index is 0.290. The zero-order chi connectivity index (χ0) is 17.4. The molecular formula is C22H26O2. The maximum absolute atomic E-state index is 10.3. The molecule has 2 nitrogen and oxygen atoms in total. The van der Waals surface area contributed by atoms with Crippen LogP contribution < -0.4 is 4.74 Å². The van der Waals surface area contributed by atoms with Gasteiger partial charge in [0, 0.05) is 5.56 Å². The van der Waals surface area contributed by atoms with Crippen molar-refractivity contribution in [3.8, 4) is 11.5 Å². The van der Waals surface area contributed by atoms with Gasteiger partial charge in [-0.3, -0.25) is 0 Å². The first-order valence-electron chi connectivity index (χ1n) is 8.35. The smallest absolute Gasteiger partial charge is 0.126 e. The molecule has 0 saturated heterocycles. The molecule has 0 heterocycles. The lowest BCUT2D eigenvalue weighted by Gasteiger charge is -2.12. The maximum atomic E-state index is 10.3. The van der Waals surface area contributed by atoms with Crippen LogP contribution >= 0.6 is 0 Å². The van der Waals surface area contributed by atoms with Crippen LogP contribution in [0.3, 0.4) is 0 Å². The molecule has 0 radical (unpaired) electrons. The molecule has 2 aromatic carbocycles. The Morgan fingerprint density at radius 2 is 1.92 bits per heavy atom. The van der Waals surface area contributed by atoms with Crippen molar-refractivity contribution < 1.29 is 9.84 Å². The highest BCUT2D eigenvalue weighted by Gasteiger charge is 2.10. The average molecular weight is 322 g/mol. The van der Waals surface area contributed by atoms with Crippen LogP contribution in [0.5, 0.6) is 11.5 Å². The lowest BCUT2D eigenvalue weighted by atomic mass is 10.0. The van der Waals surface area contributed by atoms with Crippen LogP contribution in [0, 0.1) is 0 Å². The number of ether oxygens (including phenoxy) is 1. The zero-order valence-corrected chi connectivity index (χ0v) is 14.6. The molecule has 0 unspecified atom stereocenters. The fraction of sp³-hybridized carbons (Fsp3) is 0.273. The zero-order valence-electron chi connectivity index (χ0n) is 14.6. The molecule has 0 saturated carbocycles. The molecule has 0 bridgehead atoms. The molecule has 2 rings (SSSR count). The van der Waals surface area contributed by atoms with Crippen molar-refractivity contribution in [2.45, 2.75) is 32.6 Å². The summed E-state index contributed by atoms with van der Waals surface area (Å²) in [5.74, 6) is 1.03. The molecule has 0 aliphatic rings. The van der Waals surface area contributed by atoms with E-state index in [1.807, 2.05) is 25.1 Å². The Morgan fingerprint density at radius 3 is 2.58 bits per heavy atom. The van der Waals surface area contributed by atoms with Gasteiger partial charge in [-0.2, -0.15) is 0 Å². The number of hydrogen-bond acceptors (Lipinski definition) is 2. The summed E-state index contributed by atoms with van der Waals surface area (Å²) >= 11 is 0. The molecule has 0 aliphatic carbocycles. The highest BCUT2D eigenvalue weighted by molar-refractivity contribution is 5.58. The summed E-state index contributed by atoms with van der Waals surface area (Å²) in [6.07, 6.45) is 7.72. The van der Waals surface area contributed by atoms with Gasteiger partial charge in [0.15, 0.2) is 0 Å². The van der Waals surface area contributed by atoms with Gasteiger partial charge >= 0.3 is 0 Å². The number of aryl methyl sites for hydroxylation is 1. The molecule has 1 N–H and O–H groups in total. The van der Waals surface area contributed by atoms with Gasteiger partial charge in [0.1, 0.15) is 11.5 Å². The topological polar surface area (TPSA) is 29.5 Å². The number of phenolic OH excluding ortho intramolecular Hbond substituents is 1. The summed E-state index contributed by atoms with van der Waals surface area (Å²) < 4.78 is 5.45. The second-order valence-corrected chi connectivity index (χ2v) is 6.10. The Labute approximate surface area is 145 Å². The SMILES string of the molecule is C=C(C)CCc1c(O)cc(/C=C/CCc2ccccc2)cc1OC. The van der Waals surface area contributed by atoms with Gasteiger partial charge in [0.25, 0.3) is 0 Å². The van der Waals surface area contributed by atoms with Gasteiger partial charge < -0.3 is 9.84 Å². The lowest BCUT2D eigenvalue weighted by Crippen LogP contribution is -1.95. The summed E-state index contributed by atoms with van der Waals surface area (Å²) in [6.45, 7) is 5.91. The fourth-order valence-corrected chi connectivity index (χ4v) is 2.63. The predicted octanol–water partition coefficient (Wildman–Crippen LogP) is 5.56. The molecule has 0 aromatic heterocycles. The first-order chi connectivity index (χ1) is 11.6. The third kappa shape index (κ3) is 5.31. The van der Waals surface area contributed by atoms with E-state index in [4.69, 9.17) is 4.74 Å². The van der Waals surface area contributed by atoms with Gasteiger partial charge in [-0.15, -0.1) is 6.58 Å². The molecule has 0 atom stereocenters. The number of benzene rings is 2. The van der Waals surface area contributed by atoms with Crippen molar-refractivity contribution in [2.75, 3.05) is 7.11 Å². The molecule has 24 heavy (non-hydrogen) atoms. The number of hydrogen-bond donors (Lipinski definition) is 1. The third-order valence-corrected chi connectivity index (χ3v) is 3.98. The normalized spacial score (nSPS) is 10.9. The van der Waals surface area contributed by atoms with Gasteiger partial charge in [-0.25, -0.2) is 0 Å². The Balaban J connectivity index is 2.03. The molecule has 0 spiro atoms. The van der Waals surface area contributed by atoms with Crippen LogP contribution in [0.1, 0.15) is 36.5 Å². The minimum Gasteiger partial charge on any atom is -0.508 e. The van der Waals surface area contributed by atoms with Gasteiger partial charge in [-0.1, -0.05) is 48.1 Å². The van der Waals surface area contributed by atoms with Crippen molar-refractivity contribution in [3.63, 3.8) is 0 Å². The van der Waals surface area contributed by atoms with Crippen molar-refractivity contribution >= 4 is 6.08 Å². The van der Waals surface area contributed by atoms with E-state index in [2.05, 4.69) is 36.9 Å². The van der Waals surface area contributed by atoms with E-state index in [-0.39, 0.29) is 0 Å². The van der Waals surface area contributed by atoms with Gasteiger partial charge in [0.2, 0.25) is 0 Å². The lowest BCUT2D eigenvalue weighted by molar-refractivity contribution is 0.399. The summed E-state index contributed by atoms with van der Waals surface area (Å²) in [5.41, 5.74) is 4.23. The molecule has 0 amide bonds. The Hall–Kier alpha value is -2.48. The first-order valence-corrected chi connectivity index (χ1v) is 8.35. The number of allylic oxidation sites excluding steroid dienone is 2. The second kappa shape index (κ2) is 8.97. The number of aromatic hydroxyl groups is 1. The molecule has 2 aromatic rings. The van der Waals surface area contributed by atoms with Gasteiger partial charge in [0.05, 0.1) is 7.11 Å². The third-order valence-electron chi connectivity index (χ3n) is 3.98. The van der Waals surface area contributed by atoms with Crippen molar-refractivity contribution in [1.29, 1.82) is 0 Å². The summed E-state index contributed by atoms with van der Waals surface area (Å²) in [4.78, 5) is 0. The Bertz CT molecular complexity index is 699. The predicted molar refractivity (Wildman–Crippen MR) is 102 cm³/mol. The second-order valence-electron chi connectivity index (χ2n) is 6.10. The van der Waals surface area contributed by atoms with Gasteiger partial charge in [-0.05, 0) is 55.9 Å². The maximum Gasteiger partial charge on any atom is 0.126 e. The van der Waals surface area contributed by atoms with E-state index >= 15 is 0 Å².